The molecule has 0 radical (unpaired) electrons. The Bertz CT molecular complexity index is 1150. The number of hydrogen-bond acceptors (Lipinski definition) is 6. The van der Waals surface area contributed by atoms with Crippen molar-refractivity contribution in [3.8, 4) is 11.5 Å². The van der Waals surface area contributed by atoms with Crippen molar-refractivity contribution in [2.45, 2.75) is 63.7 Å². The Kier molecular flexibility index (Phi) is 9.79. The maximum atomic E-state index is 14.1. The van der Waals surface area contributed by atoms with Crippen LogP contribution >= 0.6 is 0 Å². The predicted molar refractivity (Wildman–Crippen MR) is 161 cm³/mol. The number of benzene rings is 2. The van der Waals surface area contributed by atoms with Gasteiger partial charge in [-0.25, -0.2) is 0 Å². The van der Waals surface area contributed by atoms with Crippen LogP contribution in [0.4, 0.5) is 0 Å². The normalized spacial score (nSPS) is 22.5. The molecule has 5 rings (SSSR count). The fraction of sp³-hybridized carbons (Fsp3) is 0.545. The lowest BCUT2D eigenvalue weighted by molar-refractivity contribution is -0.136. The molecule has 216 valence electrons. The van der Waals surface area contributed by atoms with Crippen molar-refractivity contribution in [2.75, 3.05) is 53.5 Å². The predicted octanol–water partition coefficient (Wildman–Crippen LogP) is 4.21. The Hall–Kier alpha value is -2.87. The number of rotatable bonds is 10. The number of methoxy groups -OCH3 is 2. The highest BCUT2D eigenvalue weighted by atomic mass is 16.5. The molecule has 1 amide bonds. The summed E-state index contributed by atoms with van der Waals surface area (Å²) in [5.74, 6) is 1.72. The molecule has 7 nitrogen and oxygen atoms in total. The van der Waals surface area contributed by atoms with Crippen molar-refractivity contribution in [3.05, 3.63) is 65.2 Å². The summed E-state index contributed by atoms with van der Waals surface area (Å²) in [5, 5.41) is 3.96. The lowest BCUT2D eigenvalue weighted by atomic mass is 9.97. The molecule has 2 saturated heterocycles. The molecule has 3 heterocycles. The molecule has 2 aromatic rings. The number of piperidine rings is 1. The molecule has 40 heavy (non-hydrogen) atoms. The van der Waals surface area contributed by atoms with Crippen molar-refractivity contribution in [2.24, 2.45) is 0 Å². The lowest BCUT2D eigenvalue weighted by Crippen LogP contribution is -2.47. The SMILES string of the molecule is CCCN1CCC(N[C@H]2C[C@@H](C(=O)N3CCc4cc(OC)c(OC)cc4C3)N(CC=Cc3ccccc3)C2)CC1. The van der Waals surface area contributed by atoms with Crippen LogP contribution in [0.3, 0.4) is 0 Å². The first-order valence-corrected chi connectivity index (χ1v) is 15.0. The Labute approximate surface area is 240 Å². The Morgan fingerprint density at radius 1 is 1.00 bits per heavy atom. The number of likely N-dealkylation sites (tertiary alicyclic amines) is 2. The summed E-state index contributed by atoms with van der Waals surface area (Å²) in [6.45, 7) is 8.83. The van der Waals surface area contributed by atoms with Gasteiger partial charge in [-0.15, -0.1) is 0 Å². The Balaban J connectivity index is 1.26. The van der Waals surface area contributed by atoms with Crippen LogP contribution in [0, 0.1) is 0 Å². The number of carbonyl (C=O) groups is 1. The third-order valence-electron chi connectivity index (χ3n) is 8.77. The molecular weight excluding hydrogens is 500 g/mol. The van der Waals surface area contributed by atoms with E-state index in [1.54, 1.807) is 14.2 Å². The molecule has 0 aliphatic carbocycles. The van der Waals surface area contributed by atoms with Gasteiger partial charge in [0.1, 0.15) is 0 Å². The minimum absolute atomic E-state index is 0.111. The van der Waals surface area contributed by atoms with Gasteiger partial charge >= 0.3 is 0 Å². The van der Waals surface area contributed by atoms with Gasteiger partial charge in [-0.2, -0.15) is 0 Å². The van der Waals surface area contributed by atoms with Crippen LogP contribution in [0.2, 0.25) is 0 Å². The summed E-state index contributed by atoms with van der Waals surface area (Å²) >= 11 is 0. The second-order valence-electron chi connectivity index (χ2n) is 11.5. The van der Waals surface area contributed by atoms with Crippen LogP contribution in [-0.4, -0.2) is 92.2 Å². The number of nitrogens with zero attached hydrogens (tertiary/aromatic N) is 3. The fourth-order valence-electron chi connectivity index (χ4n) is 6.63. The van der Waals surface area contributed by atoms with Gasteiger partial charge in [0.05, 0.1) is 20.3 Å². The van der Waals surface area contributed by atoms with Gasteiger partial charge in [0.25, 0.3) is 0 Å². The van der Waals surface area contributed by atoms with E-state index < -0.39 is 0 Å². The Morgan fingerprint density at radius 3 is 2.42 bits per heavy atom. The van der Waals surface area contributed by atoms with E-state index in [0.717, 1.165) is 49.5 Å². The van der Waals surface area contributed by atoms with Gasteiger partial charge in [0.15, 0.2) is 11.5 Å². The minimum atomic E-state index is -0.111. The monoisotopic (exact) mass is 546 g/mol. The number of amides is 1. The molecule has 2 fully saturated rings. The number of fused-ring (bicyclic) bond motifs is 1. The quantitative estimate of drug-likeness (QED) is 0.482. The van der Waals surface area contributed by atoms with E-state index in [4.69, 9.17) is 9.47 Å². The molecule has 0 spiro atoms. The lowest BCUT2D eigenvalue weighted by Gasteiger charge is -2.34. The van der Waals surface area contributed by atoms with E-state index in [-0.39, 0.29) is 11.9 Å². The molecule has 3 aliphatic rings. The third kappa shape index (κ3) is 6.88. The van der Waals surface area contributed by atoms with Crippen LogP contribution in [-0.2, 0) is 17.8 Å². The van der Waals surface area contributed by atoms with Gasteiger partial charge in [-0.05, 0) is 80.6 Å². The van der Waals surface area contributed by atoms with Gasteiger partial charge in [0, 0.05) is 38.3 Å². The van der Waals surface area contributed by atoms with Gasteiger partial charge in [-0.3, -0.25) is 9.69 Å². The highest BCUT2D eigenvalue weighted by molar-refractivity contribution is 5.83. The highest BCUT2D eigenvalue weighted by Gasteiger charge is 2.40. The van der Waals surface area contributed by atoms with Crippen molar-refractivity contribution in [1.82, 2.24) is 20.0 Å². The smallest absolute Gasteiger partial charge is 0.240 e. The summed E-state index contributed by atoms with van der Waals surface area (Å²) in [6.07, 6.45) is 9.68. The third-order valence-corrected chi connectivity index (χ3v) is 8.77. The average Bonchev–Trinajstić information content (AvgIpc) is 3.39. The first-order chi connectivity index (χ1) is 19.6. The van der Waals surface area contributed by atoms with Crippen LogP contribution in [0.25, 0.3) is 6.08 Å². The summed E-state index contributed by atoms with van der Waals surface area (Å²) in [7, 11) is 3.33. The number of ether oxygens (including phenoxy) is 2. The second-order valence-corrected chi connectivity index (χ2v) is 11.5. The van der Waals surface area contributed by atoms with E-state index in [1.807, 2.05) is 12.1 Å². The van der Waals surface area contributed by atoms with E-state index >= 15 is 0 Å². The maximum absolute atomic E-state index is 14.1. The first-order valence-electron chi connectivity index (χ1n) is 15.0. The zero-order valence-corrected chi connectivity index (χ0v) is 24.5. The van der Waals surface area contributed by atoms with Crippen molar-refractivity contribution in [1.29, 1.82) is 0 Å². The Morgan fingerprint density at radius 2 is 1.73 bits per heavy atom. The zero-order chi connectivity index (χ0) is 27.9. The topological polar surface area (TPSA) is 57.3 Å². The summed E-state index contributed by atoms with van der Waals surface area (Å²) < 4.78 is 11.1. The van der Waals surface area contributed by atoms with Gasteiger partial charge < -0.3 is 24.6 Å². The number of nitrogens with one attached hydrogen (secondary N) is 1. The van der Waals surface area contributed by atoms with Crippen LogP contribution < -0.4 is 14.8 Å². The summed E-state index contributed by atoms with van der Waals surface area (Å²) in [5.41, 5.74) is 3.58. The summed E-state index contributed by atoms with van der Waals surface area (Å²) in [6, 6.07) is 15.3. The van der Waals surface area contributed by atoms with Crippen molar-refractivity contribution >= 4 is 12.0 Å². The van der Waals surface area contributed by atoms with Gasteiger partial charge in [-0.1, -0.05) is 49.4 Å². The van der Waals surface area contributed by atoms with E-state index in [2.05, 4.69) is 69.4 Å². The fourth-order valence-corrected chi connectivity index (χ4v) is 6.63. The zero-order valence-electron chi connectivity index (χ0n) is 24.5. The molecule has 0 unspecified atom stereocenters. The molecule has 0 aromatic heterocycles. The molecule has 2 atom stereocenters. The maximum Gasteiger partial charge on any atom is 0.240 e. The van der Waals surface area contributed by atoms with Crippen molar-refractivity contribution in [3.63, 3.8) is 0 Å². The summed E-state index contributed by atoms with van der Waals surface area (Å²) in [4.78, 5) is 21.1. The standard InChI is InChI=1S/C33H46N4O3/c1-4-15-35-17-13-28(14-18-35)34-29-22-30(36(24-29)16-8-11-25-9-6-5-7-10-25)33(38)37-19-12-26-20-31(39-2)32(40-3)21-27(26)23-37/h5-11,20-21,28-30,34H,4,12-19,22-24H2,1-3H3/t29-,30-/m0/s1. The second kappa shape index (κ2) is 13.7. The molecular formula is C33H46N4O3. The highest BCUT2D eigenvalue weighted by Crippen LogP contribution is 2.34. The molecule has 3 aliphatic heterocycles. The van der Waals surface area contributed by atoms with E-state index in [9.17, 15) is 4.79 Å². The largest absolute Gasteiger partial charge is 0.493 e. The van der Waals surface area contributed by atoms with E-state index in [0.29, 0.717) is 18.6 Å². The van der Waals surface area contributed by atoms with Crippen molar-refractivity contribution < 1.29 is 14.3 Å². The molecule has 0 bridgehead atoms. The van der Waals surface area contributed by atoms with Crippen LogP contribution in [0.15, 0.2) is 48.5 Å². The first kappa shape index (κ1) is 28.7. The number of hydrogen-bond donors (Lipinski definition) is 1. The van der Waals surface area contributed by atoms with Crippen LogP contribution in [0.1, 0.15) is 49.3 Å². The average molecular weight is 547 g/mol. The van der Waals surface area contributed by atoms with E-state index in [1.165, 1.54) is 50.0 Å². The molecule has 2 aromatic carbocycles. The molecule has 7 heteroatoms. The van der Waals surface area contributed by atoms with Crippen LogP contribution in [0.5, 0.6) is 11.5 Å². The molecule has 1 N–H and O–H groups in total. The molecule has 0 saturated carbocycles. The number of carbonyl (C=O) groups excluding carboxylic acids is 1. The minimum Gasteiger partial charge on any atom is -0.493 e. The van der Waals surface area contributed by atoms with Gasteiger partial charge in [0.2, 0.25) is 5.91 Å².